The Morgan fingerprint density at radius 2 is 1.90 bits per heavy atom. The highest BCUT2D eigenvalue weighted by Crippen LogP contribution is 2.39. The van der Waals surface area contributed by atoms with Crippen LogP contribution in [0.2, 0.25) is 0 Å². The topological polar surface area (TPSA) is 28.2 Å². The van der Waals surface area contributed by atoms with Gasteiger partial charge in [-0.25, -0.2) is 4.98 Å². The minimum atomic E-state index is -4.40. The molecule has 0 amide bonds. The second kappa shape index (κ2) is 5.43. The molecular formula is C14H17BrF3N3. The number of hydrogen-bond acceptors (Lipinski definition) is 3. The van der Waals surface area contributed by atoms with Crippen molar-refractivity contribution >= 4 is 21.7 Å². The predicted molar refractivity (Wildman–Crippen MR) is 78.3 cm³/mol. The molecule has 2 unspecified atom stereocenters. The van der Waals surface area contributed by atoms with E-state index in [1.165, 1.54) is 6.20 Å². The fourth-order valence-corrected chi connectivity index (χ4v) is 3.77. The largest absolute Gasteiger partial charge is 0.419 e. The average molecular weight is 364 g/mol. The van der Waals surface area contributed by atoms with Crippen molar-refractivity contribution in [2.45, 2.75) is 50.0 Å². The first-order valence-electron chi connectivity index (χ1n) is 7.06. The van der Waals surface area contributed by atoms with Crippen LogP contribution in [0, 0.1) is 0 Å². The molecule has 1 aromatic heterocycles. The SMILES string of the molecule is CN(c1ncc(Br)cc1C(F)(F)F)C1CC2CCC(C1)N2. The molecule has 2 aliphatic heterocycles. The van der Waals surface area contributed by atoms with Gasteiger partial charge in [-0.2, -0.15) is 13.2 Å². The fraction of sp³-hybridized carbons (Fsp3) is 0.643. The molecule has 2 bridgehead atoms. The van der Waals surface area contributed by atoms with Gasteiger partial charge in [-0.3, -0.25) is 0 Å². The van der Waals surface area contributed by atoms with Crippen LogP contribution < -0.4 is 10.2 Å². The zero-order valence-corrected chi connectivity index (χ0v) is 13.2. The van der Waals surface area contributed by atoms with Crippen LogP contribution in [-0.4, -0.2) is 30.2 Å². The second-order valence-corrected chi connectivity index (χ2v) is 6.81. The molecule has 1 aromatic rings. The van der Waals surface area contributed by atoms with Gasteiger partial charge >= 0.3 is 6.18 Å². The zero-order chi connectivity index (χ0) is 15.2. The van der Waals surface area contributed by atoms with Gasteiger partial charge in [-0.15, -0.1) is 0 Å². The summed E-state index contributed by atoms with van der Waals surface area (Å²) in [5.74, 6) is 0.0250. The summed E-state index contributed by atoms with van der Waals surface area (Å²) in [5.41, 5.74) is -0.676. The van der Waals surface area contributed by atoms with Gasteiger partial charge in [0.15, 0.2) is 0 Å². The Kier molecular flexibility index (Phi) is 3.90. The maximum absolute atomic E-state index is 13.2. The van der Waals surface area contributed by atoms with Crippen molar-refractivity contribution in [1.29, 1.82) is 0 Å². The Morgan fingerprint density at radius 3 is 2.48 bits per heavy atom. The number of nitrogens with one attached hydrogen (secondary N) is 1. The summed E-state index contributed by atoms with van der Waals surface area (Å²) >= 11 is 3.07. The van der Waals surface area contributed by atoms with E-state index in [1.807, 2.05) is 0 Å². The molecule has 0 radical (unpaired) electrons. The van der Waals surface area contributed by atoms with E-state index in [0.29, 0.717) is 16.6 Å². The van der Waals surface area contributed by atoms with E-state index in [0.717, 1.165) is 31.7 Å². The molecule has 3 heterocycles. The number of alkyl halides is 3. The van der Waals surface area contributed by atoms with Gasteiger partial charge in [0.2, 0.25) is 0 Å². The minimum Gasteiger partial charge on any atom is -0.356 e. The number of anilines is 1. The number of piperidine rings is 1. The van der Waals surface area contributed by atoms with Crippen LogP contribution in [0.25, 0.3) is 0 Å². The molecule has 3 nitrogen and oxygen atoms in total. The first kappa shape index (κ1) is 15.1. The molecule has 0 aromatic carbocycles. The molecule has 2 fully saturated rings. The highest BCUT2D eigenvalue weighted by atomic mass is 79.9. The molecule has 2 aliphatic rings. The molecule has 0 spiro atoms. The first-order chi connectivity index (χ1) is 9.84. The van der Waals surface area contributed by atoms with Crippen LogP contribution in [0.3, 0.4) is 0 Å². The van der Waals surface area contributed by atoms with Crippen molar-refractivity contribution in [1.82, 2.24) is 10.3 Å². The lowest BCUT2D eigenvalue weighted by atomic mass is 9.98. The average Bonchev–Trinajstić information content (AvgIpc) is 2.75. The van der Waals surface area contributed by atoms with Crippen LogP contribution in [-0.2, 0) is 6.18 Å². The van der Waals surface area contributed by atoms with Crippen LogP contribution in [0.15, 0.2) is 16.7 Å². The molecule has 3 rings (SSSR count). The van der Waals surface area contributed by atoms with E-state index in [-0.39, 0.29) is 11.9 Å². The Morgan fingerprint density at radius 1 is 1.29 bits per heavy atom. The summed E-state index contributed by atoms with van der Waals surface area (Å²) in [7, 11) is 1.72. The van der Waals surface area contributed by atoms with Gasteiger partial charge in [0, 0.05) is 35.8 Å². The van der Waals surface area contributed by atoms with Crippen LogP contribution in [0.4, 0.5) is 19.0 Å². The van der Waals surface area contributed by atoms with Gasteiger partial charge < -0.3 is 10.2 Å². The Hall–Kier alpha value is -0.820. The van der Waals surface area contributed by atoms with Crippen molar-refractivity contribution in [2.75, 3.05) is 11.9 Å². The van der Waals surface area contributed by atoms with Crippen molar-refractivity contribution in [2.24, 2.45) is 0 Å². The van der Waals surface area contributed by atoms with Gasteiger partial charge in [-0.05, 0) is 47.7 Å². The lowest BCUT2D eigenvalue weighted by Crippen LogP contribution is -2.47. The Balaban J connectivity index is 1.89. The third-order valence-electron chi connectivity index (χ3n) is 4.47. The molecule has 116 valence electrons. The summed E-state index contributed by atoms with van der Waals surface area (Å²) in [6.45, 7) is 0. The molecular weight excluding hydrogens is 347 g/mol. The minimum absolute atomic E-state index is 0.0250. The fourth-order valence-electron chi connectivity index (χ4n) is 3.44. The number of halogens is 4. The number of hydrogen-bond donors (Lipinski definition) is 1. The molecule has 1 N–H and O–H groups in total. The smallest absolute Gasteiger partial charge is 0.356 e. The monoisotopic (exact) mass is 363 g/mol. The first-order valence-corrected chi connectivity index (χ1v) is 7.85. The van der Waals surface area contributed by atoms with Crippen LogP contribution in [0.1, 0.15) is 31.2 Å². The van der Waals surface area contributed by atoms with Crippen molar-refractivity contribution in [3.05, 3.63) is 22.3 Å². The maximum atomic E-state index is 13.2. The summed E-state index contributed by atoms with van der Waals surface area (Å²) in [5, 5.41) is 3.50. The number of rotatable bonds is 2. The number of fused-ring (bicyclic) bond motifs is 2. The maximum Gasteiger partial charge on any atom is 0.419 e. The van der Waals surface area contributed by atoms with Crippen molar-refractivity contribution in [3.8, 4) is 0 Å². The van der Waals surface area contributed by atoms with Crippen molar-refractivity contribution < 1.29 is 13.2 Å². The van der Waals surface area contributed by atoms with Crippen LogP contribution in [0.5, 0.6) is 0 Å². The van der Waals surface area contributed by atoms with E-state index in [2.05, 4.69) is 26.2 Å². The Labute approximate surface area is 130 Å². The second-order valence-electron chi connectivity index (χ2n) is 5.90. The Bertz CT molecular complexity index is 523. The molecule has 0 aliphatic carbocycles. The van der Waals surface area contributed by atoms with Gasteiger partial charge in [0.25, 0.3) is 0 Å². The summed E-state index contributed by atoms with van der Waals surface area (Å²) in [6.07, 6.45) is 1.02. The predicted octanol–water partition coefficient (Wildman–Crippen LogP) is 3.58. The van der Waals surface area contributed by atoms with Crippen molar-refractivity contribution in [3.63, 3.8) is 0 Å². The highest BCUT2D eigenvalue weighted by Gasteiger charge is 2.39. The highest BCUT2D eigenvalue weighted by molar-refractivity contribution is 9.10. The van der Waals surface area contributed by atoms with Gasteiger partial charge in [0.1, 0.15) is 5.82 Å². The number of pyridine rings is 1. The van der Waals surface area contributed by atoms with Gasteiger partial charge in [-0.1, -0.05) is 0 Å². The number of aromatic nitrogens is 1. The van der Waals surface area contributed by atoms with E-state index in [9.17, 15) is 13.2 Å². The van der Waals surface area contributed by atoms with E-state index in [1.54, 1.807) is 11.9 Å². The summed E-state index contributed by atoms with van der Waals surface area (Å²) < 4.78 is 40.0. The molecule has 2 atom stereocenters. The third-order valence-corrected chi connectivity index (χ3v) is 4.90. The summed E-state index contributed by atoms with van der Waals surface area (Å²) in [4.78, 5) is 5.74. The lowest BCUT2D eigenvalue weighted by Gasteiger charge is -2.37. The van der Waals surface area contributed by atoms with E-state index in [4.69, 9.17) is 0 Å². The molecule has 0 saturated carbocycles. The standard InChI is InChI=1S/C14H17BrF3N3/c1-21(11-5-9-2-3-10(6-11)20-9)13-12(14(16,17)18)4-8(15)7-19-13/h4,7,9-11,20H,2-3,5-6H2,1H3. The zero-order valence-electron chi connectivity index (χ0n) is 11.6. The third kappa shape index (κ3) is 3.04. The lowest BCUT2D eigenvalue weighted by molar-refractivity contribution is -0.137. The molecule has 2 saturated heterocycles. The molecule has 21 heavy (non-hydrogen) atoms. The quantitative estimate of drug-likeness (QED) is 0.870. The molecule has 7 heteroatoms. The van der Waals surface area contributed by atoms with Crippen LogP contribution >= 0.6 is 15.9 Å². The summed E-state index contributed by atoms with van der Waals surface area (Å²) in [6, 6.07) is 2.08. The normalized spacial score (nSPS) is 28.7. The van der Waals surface area contributed by atoms with Gasteiger partial charge in [0.05, 0.1) is 5.56 Å². The number of nitrogens with zero attached hydrogens (tertiary/aromatic N) is 2. The van der Waals surface area contributed by atoms with E-state index < -0.39 is 11.7 Å². The van der Waals surface area contributed by atoms with E-state index >= 15 is 0 Å².